The predicted octanol–water partition coefficient (Wildman–Crippen LogP) is 2.10. The summed E-state index contributed by atoms with van der Waals surface area (Å²) in [6, 6.07) is 8.06. The van der Waals surface area contributed by atoms with Crippen molar-refractivity contribution in [3.63, 3.8) is 0 Å². The lowest BCUT2D eigenvalue weighted by Crippen LogP contribution is -2.21. The van der Waals surface area contributed by atoms with Crippen molar-refractivity contribution < 1.29 is 9.90 Å². The van der Waals surface area contributed by atoms with Crippen LogP contribution in [0.15, 0.2) is 30.3 Å². The van der Waals surface area contributed by atoms with Gasteiger partial charge in [-0.25, -0.2) is 0 Å². The minimum Gasteiger partial charge on any atom is -0.545 e. The molecule has 0 N–H and O–H groups in total. The van der Waals surface area contributed by atoms with Crippen molar-refractivity contribution in [3.05, 3.63) is 35.9 Å². The largest absolute Gasteiger partial charge is 0.545 e. The lowest BCUT2D eigenvalue weighted by Gasteiger charge is -1.97. The Balaban J connectivity index is 0. The Morgan fingerprint density at radius 3 is 1.62 bits per heavy atom. The molecular formula is C11H17O2-. The average Bonchev–Trinajstić information content (AvgIpc) is 2.25. The van der Waals surface area contributed by atoms with Crippen molar-refractivity contribution >= 4 is 5.97 Å². The number of carboxylic acid groups (broad SMARTS) is 1. The Bertz CT molecular complexity index is 205. The van der Waals surface area contributed by atoms with E-state index in [9.17, 15) is 9.90 Å². The second kappa shape index (κ2) is 10.7. The van der Waals surface area contributed by atoms with Gasteiger partial charge in [-0.2, -0.15) is 0 Å². The van der Waals surface area contributed by atoms with Crippen LogP contribution in [0.1, 0.15) is 38.1 Å². The van der Waals surface area contributed by atoms with Crippen LogP contribution in [0.3, 0.4) is 0 Å². The van der Waals surface area contributed by atoms with Crippen molar-refractivity contribution in [2.75, 3.05) is 0 Å². The monoisotopic (exact) mass is 181 g/mol. The molecule has 74 valence electrons. The topological polar surface area (TPSA) is 40.1 Å². The summed E-state index contributed by atoms with van der Waals surface area (Å²) in [5.74, 6) is -1.13. The average molecular weight is 181 g/mol. The second-order valence-electron chi connectivity index (χ2n) is 1.65. The Morgan fingerprint density at radius 1 is 1.00 bits per heavy atom. The van der Waals surface area contributed by atoms with E-state index in [1.165, 1.54) is 12.1 Å². The lowest BCUT2D eigenvalue weighted by atomic mass is 10.2. The highest BCUT2D eigenvalue weighted by Crippen LogP contribution is 1.94. The van der Waals surface area contributed by atoms with Crippen molar-refractivity contribution in [3.8, 4) is 0 Å². The van der Waals surface area contributed by atoms with Crippen LogP contribution in [0.4, 0.5) is 0 Å². The zero-order valence-electron chi connectivity index (χ0n) is 8.70. The van der Waals surface area contributed by atoms with Crippen LogP contribution in [-0.4, -0.2) is 5.97 Å². The predicted molar refractivity (Wildman–Crippen MR) is 53.5 cm³/mol. The molecule has 1 aromatic rings. The third-order valence-electron chi connectivity index (χ3n) is 1.01. The third-order valence-corrected chi connectivity index (χ3v) is 1.01. The Hall–Kier alpha value is -1.31. The maximum Gasteiger partial charge on any atom is 0.0715 e. The van der Waals surface area contributed by atoms with Crippen LogP contribution in [-0.2, 0) is 0 Å². The van der Waals surface area contributed by atoms with Crippen LogP contribution in [0.2, 0.25) is 0 Å². The smallest absolute Gasteiger partial charge is 0.0715 e. The quantitative estimate of drug-likeness (QED) is 0.665. The van der Waals surface area contributed by atoms with Crippen molar-refractivity contribution in [2.45, 2.75) is 27.7 Å². The Morgan fingerprint density at radius 2 is 1.38 bits per heavy atom. The molecule has 2 nitrogen and oxygen atoms in total. The summed E-state index contributed by atoms with van der Waals surface area (Å²) in [7, 11) is 0. The van der Waals surface area contributed by atoms with Gasteiger partial charge in [0.1, 0.15) is 0 Å². The van der Waals surface area contributed by atoms with Gasteiger partial charge in [0.25, 0.3) is 0 Å². The molecule has 0 aliphatic rings. The van der Waals surface area contributed by atoms with Crippen LogP contribution < -0.4 is 5.11 Å². The van der Waals surface area contributed by atoms with Gasteiger partial charge in [-0.05, 0) is 5.56 Å². The van der Waals surface area contributed by atoms with Crippen molar-refractivity contribution in [1.82, 2.24) is 0 Å². The fraction of sp³-hybridized carbons (Fsp3) is 0.364. The number of hydrogen-bond acceptors (Lipinski definition) is 2. The highest BCUT2D eigenvalue weighted by atomic mass is 16.4. The number of aromatic carboxylic acids is 1. The summed E-state index contributed by atoms with van der Waals surface area (Å²) in [5, 5.41) is 10.1. The fourth-order valence-corrected chi connectivity index (χ4v) is 0.574. The summed E-state index contributed by atoms with van der Waals surface area (Å²) < 4.78 is 0. The molecule has 0 fully saturated rings. The molecular weight excluding hydrogens is 164 g/mol. The summed E-state index contributed by atoms with van der Waals surface area (Å²) in [5.41, 5.74) is 0.220. The van der Waals surface area contributed by atoms with Gasteiger partial charge in [-0.1, -0.05) is 58.0 Å². The van der Waals surface area contributed by atoms with E-state index in [1.807, 2.05) is 27.7 Å². The molecule has 0 heterocycles. The molecule has 1 rings (SSSR count). The van der Waals surface area contributed by atoms with Crippen LogP contribution >= 0.6 is 0 Å². The van der Waals surface area contributed by atoms with Gasteiger partial charge in [-0.15, -0.1) is 0 Å². The molecule has 0 aromatic heterocycles. The molecule has 0 atom stereocenters. The maximum atomic E-state index is 10.1. The third kappa shape index (κ3) is 7.06. The van der Waals surface area contributed by atoms with E-state index in [0.717, 1.165) is 0 Å². The van der Waals surface area contributed by atoms with E-state index in [-0.39, 0.29) is 5.56 Å². The van der Waals surface area contributed by atoms with Gasteiger partial charge in [0.15, 0.2) is 0 Å². The first-order chi connectivity index (χ1) is 6.30. The summed E-state index contributed by atoms with van der Waals surface area (Å²) in [6.07, 6.45) is 0. The van der Waals surface area contributed by atoms with Crippen molar-refractivity contribution in [2.24, 2.45) is 0 Å². The highest BCUT2D eigenvalue weighted by molar-refractivity contribution is 5.85. The number of rotatable bonds is 1. The lowest BCUT2D eigenvalue weighted by molar-refractivity contribution is -0.255. The maximum absolute atomic E-state index is 10.1. The zero-order valence-corrected chi connectivity index (χ0v) is 8.70. The van der Waals surface area contributed by atoms with Gasteiger partial charge in [0, 0.05) is 0 Å². The molecule has 13 heavy (non-hydrogen) atoms. The van der Waals surface area contributed by atoms with Gasteiger partial charge in [0.2, 0.25) is 0 Å². The second-order valence-corrected chi connectivity index (χ2v) is 1.65. The molecule has 0 bridgehead atoms. The van der Waals surface area contributed by atoms with E-state index < -0.39 is 5.97 Å². The fourth-order valence-electron chi connectivity index (χ4n) is 0.574. The molecule has 0 aliphatic carbocycles. The van der Waals surface area contributed by atoms with Crippen LogP contribution in [0, 0.1) is 0 Å². The first-order valence-electron chi connectivity index (χ1n) is 4.57. The molecule has 0 amide bonds. The van der Waals surface area contributed by atoms with Crippen molar-refractivity contribution in [1.29, 1.82) is 0 Å². The Kier molecular flexibility index (Phi) is 11.7. The van der Waals surface area contributed by atoms with E-state index in [2.05, 4.69) is 0 Å². The highest BCUT2D eigenvalue weighted by Gasteiger charge is 1.85. The number of carbonyl (C=O) groups excluding carboxylic acids is 1. The van der Waals surface area contributed by atoms with Gasteiger partial charge < -0.3 is 9.90 Å². The van der Waals surface area contributed by atoms with E-state index >= 15 is 0 Å². The van der Waals surface area contributed by atoms with E-state index in [0.29, 0.717) is 0 Å². The number of hydrogen-bond donors (Lipinski definition) is 0. The van der Waals surface area contributed by atoms with Crippen LogP contribution in [0.5, 0.6) is 0 Å². The molecule has 2 heteroatoms. The van der Waals surface area contributed by atoms with Crippen LogP contribution in [0.25, 0.3) is 0 Å². The number of benzene rings is 1. The zero-order chi connectivity index (χ0) is 10.7. The van der Waals surface area contributed by atoms with Gasteiger partial charge >= 0.3 is 0 Å². The molecule has 1 aromatic carbocycles. The summed E-state index contributed by atoms with van der Waals surface area (Å²) in [4.78, 5) is 10.1. The molecule has 0 radical (unpaired) electrons. The normalized spacial score (nSPS) is 7.08. The molecule has 0 unspecified atom stereocenters. The minimum absolute atomic E-state index is 0.220. The van der Waals surface area contributed by atoms with E-state index in [4.69, 9.17) is 0 Å². The summed E-state index contributed by atoms with van der Waals surface area (Å²) >= 11 is 0. The minimum atomic E-state index is -1.13. The summed E-state index contributed by atoms with van der Waals surface area (Å²) in [6.45, 7) is 8.00. The molecule has 0 spiro atoms. The van der Waals surface area contributed by atoms with Gasteiger partial charge in [-0.3, -0.25) is 0 Å². The molecule has 0 saturated heterocycles. The Labute approximate surface area is 80.2 Å². The SMILES string of the molecule is CC.CC.O=C([O-])c1ccccc1. The standard InChI is InChI=1S/C7H6O2.2C2H6/c8-7(9)6-4-2-1-3-5-6;2*1-2/h1-5H,(H,8,9);2*1-2H3/p-1. The molecule has 0 aliphatic heterocycles. The van der Waals surface area contributed by atoms with Gasteiger partial charge in [0.05, 0.1) is 5.97 Å². The number of carboxylic acids is 1. The number of carbonyl (C=O) groups is 1. The first kappa shape index (κ1) is 14.2. The first-order valence-corrected chi connectivity index (χ1v) is 4.57. The molecule has 0 saturated carbocycles. The van der Waals surface area contributed by atoms with E-state index in [1.54, 1.807) is 18.2 Å².